The monoisotopic (exact) mass is 626 g/mol. The third-order valence-electron chi connectivity index (χ3n) is 8.19. The van der Waals surface area contributed by atoms with Gasteiger partial charge in [0.05, 0.1) is 10.6 Å². The number of hydrogen-bond donors (Lipinski definition) is 2. The summed E-state index contributed by atoms with van der Waals surface area (Å²) < 4.78 is 28.7. The van der Waals surface area contributed by atoms with E-state index in [2.05, 4.69) is 53.6 Å². The molecule has 5 rings (SSSR count). The normalized spacial score (nSPS) is 13.6. The van der Waals surface area contributed by atoms with Gasteiger partial charge >= 0.3 is 0 Å². The lowest BCUT2D eigenvalue weighted by Gasteiger charge is -2.25. The Labute approximate surface area is 267 Å². The van der Waals surface area contributed by atoms with Crippen LogP contribution in [0.4, 0.5) is 11.4 Å². The second kappa shape index (κ2) is 15.1. The number of carbonyl (C=O) groups excluding carboxylic acids is 1. The largest absolute Gasteiger partial charge is 0.372 e. The SMILES string of the molecule is CCN(CC)c1cccc(ON(c2ccccc2)S(=O)(=O)c2ccc(C(=O)NCc3ccc(CC4CCNCC4)cc3)cc2)c1. The third kappa shape index (κ3) is 8.23. The van der Waals surface area contributed by atoms with E-state index in [-0.39, 0.29) is 10.8 Å². The maximum atomic E-state index is 13.9. The van der Waals surface area contributed by atoms with Crippen LogP contribution in [0.5, 0.6) is 5.75 Å². The van der Waals surface area contributed by atoms with Crippen molar-refractivity contribution in [2.24, 2.45) is 5.92 Å². The summed E-state index contributed by atoms with van der Waals surface area (Å²) in [5.41, 5.74) is 3.99. The average Bonchev–Trinajstić information content (AvgIpc) is 3.08. The summed E-state index contributed by atoms with van der Waals surface area (Å²) in [6.07, 6.45) is 3.50. The lowest BCUT2D eigenvalue weighted by atomic mass is 9.91. The first-order valence-corrected chi connectivity index (χ1v) is 17.1. The van der Waals surface area contributed by atoms with Gasteiger partial charge in [-0.05, 0) is 112 Å². The van der Waals surface area contributed by atoms with Gasteiger partial charge in [0.25, 0.3) is 15.9 Å². The Morgan fingerprint density at radius 1 is 0.822 bits per heavy atom. The molecule has 236 valence electrons. The zero-order valence-electron chi connectivity index (χ0n) is 26.0. The number of carbonyl (C=O) groups is 1. The number of nitrogens with one attached hydrogen (secondary N) is 2. The fourth-order valence-electron chi connectivity index (χ4n) is 5.58. The van der Waals surface area contributed by atoms with Crippen molar-refractivity contribution < 1.29 is 18.0 Å². The van der Waals surface area contributed by atoms with Crippen molar-refractivity contribution in [3.63, 3.8) is 0 Å². The van der Waals surface area contributed by atoms with E-state index in [1.807, 2.05) is 24.3 Å². The van der Waals surface area contributed by atoms with E-state index in [1.165, 1.54) is 42.7 Å². The molecule has 1 fully saturated rings. The summed E-state index contributed by atoms with van der Waals surface area (Å²) in [5, 5.41) is 6.35. The maximum absolute atomic E-state index is 13.9. The van der Waals surface area contributed by atoms with Crippen molar-refractivity contribution in [2.45, 2.75) is 44.6 Å². The molecule has 1 heterocycles. The molecular weight excluding hydrogens is 584 g/mol. The molecule has 0 bridgehead atoms. The highest BCUT2D eigenvalue weighted by molar-refractivity contribution is 7.92. The fourth-order valence-corrected chi connectivity index (χ4v) is 6.84. The van der Waals surface area contributed by atoms with Gasteiger partial charge in [-0.2, -0.15) is 8.42 Å². The molecule has 1 saturated heterocycles. The minimum absolute atomic E-state index is 0.00661. The van der Waals surface area contributed by atoms with Crippen LogP contribution in [0.2, 0.25) is 0 Å². The summed E-state index contributed by atoms with van der Waals surface area (Å²) in [4.78, 5) is 21.2. The van der Waals surface area contributed by atoms with Crippen LogP contribution in [-0.2, 0) is 23.0 Å². The molecule has 0 atom stereocenters. The zero-order valence-corrected chi connectivity index (χ0v) is 26.8. The van der Waals surface area contributed by atoms with Crippen LogP contribution in [0.25, 0.3) is 0 Å². The lowest BCUT2D eigenvalue weighted by molar-refractivity contribution is 0.0951. The smallest absolute Gasteiger partial charge is 0.295 e. The van der Waals surface area contributed by atoms with Crippen molar-refractivity contribution in [3.05, 3.63) is 120 Å². The van der Waals surface area contributed by atoms with E-state index in [0.717, 1.165) is 54.2 Å². The number of nitrogens with zero attached hydrogens (tertiary/aromatic N) is 2. The summed E-state index contributed by atoms with van der Waals surface area (Å²) in [7, 11) is -4.15. The second-order valence-corrected chi connectivity index (χ2v) is 13.0. The highest BCUT2D eigenvalue weighted by Gasteiger charge is 2.28. The van der Waals surface area contributed by atoms with Crippen molar-refractivity contribution in [2.75, 3.05) is 35.5 Å². The summed E-state index contributed by atoms with van der Waals surface area (Å²) in [6.45, 7) is 8.32. The molecule has 4 aromatic carbocycles. The molecule has 2 N–H and O–H groups in total. The Morgan fingerprint density at radius 3 is 2.13 bits per heavy atom. The standard InChI is InChI=1S/C36H42N4O4S/c1-3-39(4-2)33-11-8-12-34(26-33)44-40(32-9-6-5-7-10-32)45(42,43)35-19-17-31(18-20-35)36(41)38-27-30-15-13-28(14-16-30)25-29-21-23-37-24-22-29/h5-20,26,29,37H,3-4,21-25,27H2,1-2H3,(H,38,41). The number of sulfonamides is 1. The zero-order chi connectivity index (χ0) is 31.6. The van der Waals surface area contributed by atoms with Gasteiger partial charge in [-0.3, -0.25) is 4.79 Å². The van der Waals surface area contributed by atoms with Crippen LogP contribution in [0, 0.1) is 5.92 Å². The van der Waals surface area contributed by atoms with Gasteiger partial charge in [0, 0.05) is 37.0 Å². The molecule has 0 unspecified atom stereocenters. The van der Waals surface area contributed by atoms with Gasteiger partial charge in [-0.1, -0.05) is 53.0 Å². The molecule has 9 heteroatoms. The average molecular weight is 627 g/mol. The van der Waals surface area contributed by atoms with Gasteiger partial charge in [-0.15, -0.1) is 0 Å². The minimum atomic E-state index is -4.15. The minimum Gasteiger partial charge on any atom is -0.372 e. The maximum Gasteiger partial charge on any atom is 0.295 e. The lowest BCUT2D eigenvalue weighted by Crippen LogP contribution is -2.34. The van der Waals surface area contributed by atoms with Crippen LogP contribution >= 0.6 is 0 Å². The van der Waals surface area contributed by atoms with Crippen LogP contribution < -0.4 is 24.8 Å². The second-order valence-electron chi connectivity index (χ2n) is 11.2. The van der Waals surface area contributed by atoms with Crippen LogP contribution in [0.1, 0.15) is 48.2 Å². The molecule has 0 spiro atoms. The number of piperidine rings is 1. The number of para-hydroxylation sites is 1. The van der Waals surface area contributed by atoms with E-state index in [0.29, 0.717) is 23.5 Å². The molecule has 4 aromatic rings. The van der Waals surface area contributed by atoms with Crippen molar-refractivity contribution >= 4 is 27.3 Å². The molecule has 0 aliphatic carbocycles. The third-order valence-corrected chi connectivity index (χ3v) is 9.78. The predicted molar refractivity (Wildman–Crippen MR) is 180 cm³/mol. The van der Waals surface area contributed by atoms with E-state index in [4.69, 9.17) is 4.84 Å². The highest BCUT2D eigenvalue weighted by Crippen LogP contribution is 2.28. The van der Waals surface area contributed by atoms with Gasteiger partial charge in [0.2, 0.25) is 0 Å². The number of rotatable bonds is 13. The molecule has 1 aliphatic rings. The molecule has 0 aromatic heterocycles. The molecule has 45 heavy (non-hydrogen) atoms. The van der Waals surface area contributed by atoms with Gasteiger partial charge in [0.15, 0.2) is 5.75 Å². The van der Waals surface area contributed by atoms with Crippen molar-refractivity contribution in [3.8, 4) is 5.75 Å². The van der Waals surface area contributed by atoms with E-state index in [1.54, 1.807) is 30.3 Å². The Bertz CT molecular complexity index is 1630. The van der Waals surface area contributed by atoms with E-state index >= 15 is 0 Å². The van der Waals surface area contributed by atoms with Gasteiger partial charge in [0.1, 0.15) is 0 Å². The summed E-state index contributed by atoms with van der Waals surface area (Å²) in [6, 6.07) is 30.4. The van der Waals surface area contributed by atoms with E-state index < -0.39 is 10.0 Å². The number of anilines is 2. The Kier molecular flexibility index (Phi) is 10.8. The van der Waals surface area contributed by atoms with Gasteiger partial charge in [-0.25, -0.2) is 0 Å². The van der Waals surface area contributed by atoms with Crippen LogP contribution in [-0.4, -0.2) is 40.5 Å². The molecule has 8 nitrogen and oxygen atoms in total. The Hall–Kier alpha value is -4.34. The fraction of sp³-hybridized carbons (Fsp3) is 0.306. The van der Waals surface area contributed by atoms with Crippen LogP contribution in [0.15, 0.2) is 108 Å². The molecule has 1 aliphatic heterocycles. The number of hydrogen-bond acceptors (Lipinski definition) is 6. The van der Waals surface area contributed by atoms with Crippen LogP contribution in [0.3, 0.4) is 0 Å². The van der Waals surface area contributed by atoms with Crippen molar-refractivity contribution in [1.29, 1.82) is 0 Å². The van der Waals surface area contributed by atoms with Gasteiger partial charge < -0.3 is 20.4 Å². The molecule has 0 radical (unpaired) electrons. The highest BCUT2D eigenvalue weighted by atomic mass is 32.2. The first-order chi connectivity index (χ1) is 21.9. The quantitative estimate of drug-likeness (QED) is 0.172. The molecular formula is C36H42N4O4S. The summed E-state index contributed by atoms with van der Waals surface area (Å²) >= 11 is 0. The first kappa shape index (κ1) is 32.1. The Balaban J connectivity index is 1.26. The first-order valence-electron chi connectivity index (χ1n) is 15.7. The number of amides is 1. The predicted octanol–water partition coefficient (Wildman–Crippen LogP) is 6.19. The number of benzene rings is 4. The van der Waals surface area contributed by atoms with E-state index in [9.17, 15) is 13.2 Å². The summed E-state index contributed by atoms with van der Waals surface area (Å²) in [5.74, 6) is 0.836. The Morgan fingerprint density at radius 2 is 1.47 bits per heavy atom. The topological polar surface area (TPSA) is 91.0 Å². The van der Waals surface area contributed by atoms with Crippen molar-refractivity contribution in [1.82, 2.24) is 10.6 Å². The molecule has 1 amide bonds. The molecule has 0 saturated carbocycles.